The average Bonchev–Trinajstić information content (AvgIpc) is 2.54. The number of methoxy groups -OCH3 is 1. The van der Waals surface area contributed by atoms with Crippen molar-refractivity contribution >= 4 is 5.91 Å². The second kappa shape index (κ2) is 8.68. The molecule has 6 nitrogen and oxygen atoms in total. The van der Waals surface area contributed by atoms with Gasteiger partial charge in [0.2, 0.25) is 5.91 Å². The predicted molar refractivity (Wildman–Crippen MR) is 81.1 cm³/mol. The summed E-state index contributed by atoms with van der Waals surface area (Å²) in [7, 11) is 1.62. The molecule has 2 N–H and O–H groups in total. The molecular formula is C15H29N3O3. The number of ether oxygens (including phenoxy) is 2. The van der Waals surface area contributed by atoms with E-state index in [1.54, 1.807) is 7.11 Å². The smallest absolute Gasteiger partial charge is 0.225 e. The van der Waals surface area contributed by atoms with Crippen LogP contribution in [0.5, 0.6) is 0 Å². The van der Waals surface area contributed by atoms with Crippen molar-refractivity contribution < 1.29 is 14.3 Å². The molecule has 2 rings (SSSR count). The summed E-state index contributed by atoms with van der Waals surface area (Å²) in [6.45, 7) is 5.79. The molecule has 6 heteroatoms. The summed E-state index contributed by atoms with van der Waals surface area (Å²) in [6, 6.07) is 0.333. The van der Waals surface area contributed by atoms with Crippen LogP contribution in [0.25, 0.3) is 0 Å². The normalized spacial score (nSPS) is 25.8. The number of rotatable bonds is 6. The van der Waals surface area contributed by atoms with Gasteiger partial charge in [-0.05, 0) is 19.3 Å². The summed E-state index contributed by atoms with van der Waals surface area (Å²) in [5.74, 6) is 0.185. The number of morpholine rings is 1. The number of nitrogens with zero attached hydrogens (tertiary/aromatic N) is 2. The molecule has 0 aromatic heterocycles. The maximum absolute atomic E-state index is 12.5. The minimum Gasteiger partial charge on any atom is -0.380 e. The van der Waals surface area contributed by atoms with Crippen LogP contribution in [0.15, 0.2) is 0 Å². The second-order valence-corrected chi connectivity index (χ2v) is 5.95. The first kappa shape index (κ1) is 16.7. The van der Waals surface area contributed by atoms with Crippen molar-refractivity contribution in [2.45, 2.75) is 37.8 Å². The minimum atomic E-state index is -0.163. The van der Waals surface area contributed by atoms with E-state index >= 15 is 0 Å². The quantitative estimate of drug-likeness (QED) is 0.751. The molecule has 1 amide bonds. The number of nitrogens with two attached hydrogens (primary N) is 1. The van der Waals surface area contributed by atoms with Gasteiger partial charge in [-0.3, -0.25) is 9.69 Å². The van der Waals surface area contributed by atoms with Crippen LogP contribution in [0.4, 0.5) is 0 Å². The van der Waals surface area contributed by atoms with E-state index in [1.165, 1.54) is 6.42 Å². The molecule has 0 aromatic carbocycles. The van der Waals surface area contributed by atoms with E-state index in [9.17, 15) is 4.79 Å². The van der Waals surface area contributed by atoms with E-state index in [0.717, 1.165) is 52.2 Å². The van der Waals surface area contributed by atoms with Crippen LogP contribution in [-0.2, 0) is 14.3 Å². The van der Waals surface area contributed by atoms with E-state index in [0.29, 0.717) is 19.0 Å². The standard InChI is InChI=1S/C15H29N3O3/c1-20-14(11-16)10-15(19)18-5-3-2-4-13(18)12-17-6-8-21-9-7-17/h13-14H,2-12,16H2,1H3. The first-order valence-corrected chi connectivity index (χ1v) is 8.07. The van der Waals surface area contributed by atoms with E-state index in [-0.39, 0.29) is 12.0 Å². The summed E-state index contributed by atoms with van der Waals surface area (Å²) in [5, 5.41) is 0. The third-order valence-corrected chi connectivity index (χ3v) is 4.52. The zero-order valence-corrected chi connectivity index (χ0v) is 13.1. The Balaban J connectivity index is 1.89. The Morgan fingerprint density at radius 2 is 2.10 bits per heavy atom. The SMILES string of the molecule is COC(CN)CC(=O)N1CCCCC1CN1CCOCC1. The largest absolute Gasteiger partial charge is 0.380 e. The summed E-state index contributed by atoms with van der Waals surface area (Å²) >= 11 is 0. The fourth-order valence-electron chi connectivity index (χ4n) is 3.18. The van der Waals surface area contributed by atoms with Crippen molar-refractivity contribution in [3.63, 3.8) is 0 Å². The maximum Gasteiger partial charge on any atom is 0.225 e. The third kappa shape index (κ3) is 4.92. The molecule has 0 aromatic rings. The molecule has 21 heavy (non-hydrogen) atoms. The molecule has 0 saturated carbocycles. The highest BCUT2D eigenvalue weighted by molar-refractivity contribution is 5.77. The summed E-state index contributed by atoms with van der Waals surface area (Å²) in [4.78, 5) is 17.0. The highest BCUT2D eigenvalue weighted by Gasteiger charge is 2.29. The molecule has 0 radical (unpaired) electrons. The maximum atomic E-state index is 12.5. The van der Waals surface area contributed by atoms with Crippen LogP contribution in [0.1, 0.15) is 25.7 Å². The zero-order chi connectivity index (χ0) is 15.1. The number of piperidine rings is 1. The molecule has 0 aliphatic carbocycles. The first-order valence-electron chi connectivity index (χ1n) is 8.07. The molecule has 122 valence electrons. The molecule has 2 saturated heterocycles. The monoisotopic (exact) mass is 299 g/mol. The fraction of sp³-hybridized carbons (Fsp3) is 0.933. The number of hydrogen-bond acceptors (Lipinski definition) is 5. The lowest BCUT2D eigenvalue weighted by molar-refractivity contribution is -0.138. The highest BCUT2D eigenvalue weighted by Crippen LogP contribution is 2.20. The number of carbonyl (C=O) groups excluding carboxylic acids is 1. The van der Waals surface area contributed by atoms with Crippen molar-refractivity contribution in [3.05, 3.63) is 0 Å². The molecule has 2 fully saturated rings. The van der Waals surface area contributed by atoms with Crippen LogP contribution in [-0.4, -0.2) is 80.9 Å². The van der Waals surface area contributed by atoms with E-state index in [4.69, 9.17) is 15.2 Å². The fourth-order valence-corrected chi connectivity index (χ4v) is 3.18. The molecular weight excluding hydrogens is 270 g/mol. The number of likely N-dealkylation sites (tertiary alicyclic amines) is 1. The van der Waals surface area contributed by atoms with Gasteiger partial charge in [-0.15, -0.1) is 0 Å². The highest BCUT2D eigenvalue weighted by atomic mass is 16.5. The number of carbonyl (C=O) groups is 1. The lowest BCUT2D eigenvalue weighted by Crippen LogP contribution is -2.52. The Labute approximate surface area is 127 Å². The van der Waals surface area contributed by atoms with Crippen LogP contribution in [0, 0.1) is 0 Å². The Morgan fingerprint density at radius 1 is 1.33 bits per heavy atom. The van der Waals surface area contributed by atoms with Gasteiger partial charge in [0.15, 0.2) is 0 Å². The summed E-state index contributed by atoms with van der Waals surface area (Å²) in [6.07, 6.45) is 3.65. The molecule has 0 bridgehead atoms. The van der Waals surface area contributed by atoms with Crippen LogP contribution < -0.4 is 5.73 Å². The van der Waals surface area contributed by atoms with Crippen LogP contribution in [0.2, 0.25) is 0 Å². The van der Waals surface area contributed by atoms with Crippen molar-refractivity contribution in [3.8, 4) is 0 Å². The van der Waals surface area contributed by atoms with Crippen molar-refractivity contribution in [1.29, 1.82) is 0 Å². The first-order chi connectivity index (χ1) is 10.2. The Morgan fingerprint density at radius 3 is 2.76 bits per heavy atom. The van der Waals surface area contributed by atoms with Crippen LogP contribution >= 0.6 is 0 Å². The molecule has 2 aliphatic rings. The second-order valence-electron chi connectivity index (χ2n) is 5.95. The van der Waals surface area contributed by atoms with E-state index in [1.807, 2.05) is 0 Å². The van der Waals surface area contributed by atoms with Gasteiger partial charge in [0.25, 0.3) is 0 Å². The Hall–Kier alpha value is -0.690. The van der Waals surface area contributed by atoms with Crippen molar-refractivity contribution in [2.24, 2.45) is 5.73 Å². The summed E-state index contributed by atoms with van der Waals surface area (Å²) < 4.78 is 10.6. The average molecular weight is 299 g/mol. The van der Waals surface area contributed by atoms with Crippen molar-refractivity contribution in [1.82, 2.24) is 9.80 Å². The van der Waals surface area contributed by atoms with E-state index in [2.05, 4.69) is 9.80 Å². The summed E-state index contributed by atoms with van der Waals surface area (Å²) in [5.41, 5.74) is 5.63. The predicted octanol–water partition coefficient (Wildman–Crippen LogP) is 0.0635. The topological polar surface area (TPSA) is 68.0 Å². The van der Waals surface area contributed by atoms with Gasteiger partial charge >= 0.3 is 0 Å². The van der Waals surface area contributed by atoms with Gasteiger partial charge < -0.3 is 20.1 Å². The molecule has 2 heterocycles. The number of hydrogen-bond donors (Lipinski definition) is 1. The lowest BCUT2D eigenvalue weighted by atomic mass is 10.0. The Kier molecular flexibility index (Phi) is 6.89. The van der Waals surface area contributed by atoms with Gasteiger partial charge in [-0.2, -0.15) is 0 Å². The van der Waals surface area contributed by atoms with E-state index < -0.39 is 0 Å². The molecule has 2 unspecified atom stereocenters. The molecule has 2 atom stereocenters. The van der Waals surface area contributed by atoms with Gasteiger partial charge in [0.05, 0.1) is 25.7 Å². The van der Waals surface area contributed by atoms with Gasteiger partial charge in [-0.1, -0.05) is 0 Å². The van der Waals surface area contributed by atoms with Gasteiger partial charge in [-0.25, -0.2) is 0 Å². The van der Waals surface area contributed by atoms with Gasteiger partial charge in [0, 0.05) is 45.9 Å². The third-order valence-electron chi connectivity index (χ3n) is 4.52. The zero-order valence-electron chi connectivity index (χ0n) is 13.1. The Bertz CT molecular complexity index is 317. The van der Waals surface area contributed by atoms with Crippen LogP contribution in [0.3, 0.4) is 0 Å². The number of amides is 1. The molecule has 2 aliphatic heterocycles. The van der Waals surface area contributed by atoms with Crippen molar-refractivity contribution in [2.75, 3.05) is 53.0 Å². The molecule has 0 spiro atoms. The lowest BCUT2D eigenvalue weighted by Gasteiger charge is -2.40. The minimum absolute atomic E-state index is 0.163. The van der Waals surface area contributed by atoms with Gasteiger partial charge in [0.1, 0.15) is 0 Å².